The minimum Gasteiger partial charge on any atom is -0.497 e. The Morgan fingerprint density at radius 2 is 1.76 bits per heavy atom. The van der Waals surface area contributed by atoms with Crippen LogP contribution in [0.15, 0.2) is 48.5 Å². The number of rotatable bonds is 7. The Hall–Kier alpha value is -3.80. The van der Waals surface area contributed by atoms with Crippen LogP contribution in [0, 0.1) is 0 Å². The number of hydrogen-bond acceptors (Lipinski definition) is 6. The highest BCUT2D eigenvalue weighted by atomic mass is 19.4. The minimum atomic E-state index is -4.55. The molecule has 204 valence electrons. The van der Waals surface area contributed by atoms with Gasteiger partial charge in [0.1, 0.15) is 11.8 Å². The van der Waals surface area contributed by atoms with E-state index in [1.54, 1.807) is 7.11 Å². The molecule has 0 saturated carbocycles. The zero-order valence-electron chi connectivity index (χ0n) is 21.0. The van der Waals surface area contributed by atoms with Crippen LogP contribution in [-0.4, -0.2) is 86.5 Å². The number of piperazine rings is 2. The molecule has 9 nitrogen and oxygen atoms in total. The van der Waals surface area contributed by atoms with E-state index in [0.29, 0.717) is 13.1 Å². The second kappa shape index (κ2) is 11.7. The molecule has 4 rings (SSSR count). The van der Waals surface area contributed by atoms with Gasteiger partial charge in [-0.05, 0) is 42.5 Å². The van der Waals surface area contributed by atoms with E-state index in [1.165, 1.54) is 17.0 Å². The number of anilines is 2. The van der Waals surface area contributed by atoms with Crippen molar-refractivity contribution in [3.63, 3.8) is 0 Å². The van der Waals surface area contributed by atoms with Crippen LogP contribution in [-0.2, 0) is 20.6 Å². The highest BCUT2D eigenvalue weighted by Gasteiger charge is 2.36. The van der Waals surface area contributed by atoms with Crippen molar-refractivity contribution < 1.29 is 32.3 Å². The number of amides is 3. The number of benzene rings is 2. The number of hydrogen-bond donors (Lipinski definition) is 2. The van der Waals surface area contributed by atoms with Crippen molar-refractivity contribution in [2.75, 3.05) is 63.1 Å². The fourth-order valence-corrected chi connectivity index (χ4v) is 4.62. The Labute approximate surface area is 218 Å². The third kappa shape index (κ3) is 6.74. The van der Waals surface area contributed by atoms with Gasteiger partial charge in [-0.2, -0.15) is 13.2 Å². The minimum absolute atomic E-state index is 0.0337. The summed E-state index contributed by atoms with van der Waals surface area (Å²) in [4.78, 5) is 44.0. The molecule has 2 aromatic rings. The lowest BCUT2D eigenvalue weighted by molar-refractivity contribution is -0.145. The number of alkyl halides is 3. The van der Waals surface area contributed by atoms with Crippen molar-refractivity contribution in [3.8, 4) is 5.75 Å². The largest absolute Gasteiger partial charge is 0.497 e. The molecule has 38 heavy (non-hydrogen) atoms. The summed E-state index contributed by atoms with van der Waals surface area (Å²) >= 11 is 0. The monoisotopic (exact) mass is 533 g/mol. The molecule has 2 heterocycles. The number of methoxy groups -OCH3 is 1. The average molecular weight is 534 g/mol. The molecular weight excluding hydrogens is 503 g/mol. The van der Waals surface area contributed by atoms with Crippen molar-refractivity contribution in [2.24, 2.45) is 0 Å². The van der Waals surface area contributed by atoms with Crippen LogP contribution >= 0.6 is 0 Å². The SMILES string of the molecule is COc1ccc(N2CCN(CC(=O)N3CCNC(=O)[C@H]3CC(=O)Nc3cccc(C(F)(F)F)c3)CC2)cc1. The highest BCUT2D eigenvalue weighted by molar-refractivity contribution is 5.97. The smallest absolute Gasteiger partial charge is 0.416 e. The molecule has 0 bridgehead atoms. The first-order valence-electron chi connectivity index (χ1n) is 12.3. The molecule has 0 spiro atoms. The van der Waals surface area contributed by atoms with Gasteiger partial charge in [-0.3, -0.25) is 19.3 Å². The first-order valence-corrected chi connectivity index (χ1v) is 12.3. The third-order valence-electron chi connectivity index (χ3n) is 6.67. The fourth-order valence-electron chi connectivity index (χ4n) is 4.62. The standard InChI is InChI=1S/C26H30F3N5O4/c1-38-21-7-5-20(6-8-21)33-13-11-32(12-14-33)17-24(36)34-10-9-30-25(37)22(34)16-23(35)31-19-4-2-3-18(15-19)26(27,28)29/h2-8,15,22H,9-14,16-17H2,1H3,(H,30,37)(H,31,35)/t22-/m1/s1. The van der Waals surface area contributed by atoms with E-state index in [1.807, 2.05) is 29.2 Å². The van der Waals surface area contributed by atoms with E-state index in [9.17, 15) is 27.6 Å². The molecule has 2 saturated heterocycles. The Morgan fingerprint density at radius 1 is 1.05 bits per heavy atom. The maximum atomic E-state index is 13.2. The summed E-state index contributed by atoms with van der Waals surface area (Å²) < 4.78 is 44.1. The first kappa shape index (κ1) is 27.2. The van der Waals surface area contributed by atoms with Crippen molar-refractivity contribution in [2.45, 2.75) is 18.6 Å². The number of ether oxygens (including phenoxy) is 1. The van der Waals surface area contributed by atoms with E-state index < -0.39 is 29.6 Å². The van der Waals surface area contributed by atoms with E-state index in [-0.39, 0.29) is 37.6 Å². The molecule has 2 fully saturated rings. The number of carbonyl (C=O) groups excluding carboxylic acids is 3. The number of nitrogens with zero attached hydrogens (tertiary/aromatic N) is 3. The third-order valence-corrected chi connectivity index (χ3v) is 6.67. The quantitative estimate of drug-likeness (QED) is 0.567. The van der Waals surface area contributed by atoms with Gasteiger partial charge < -0.3 is 25.2 Å². The molecule has 0 radical (unpaired) electrons. The zero-order chi connectivity index (χ0) is 27.3. The van der Waals surface area contributed by atoms with Gasteiger partial charge in [-0.1, -0.05) is 6.07 Å². The molecule has 2 N–H and O–H groups in total. The number of halogens is 3. The fraction of sp³-hybridized carbons (Fsp3) is 0.423. The van der Waals surface area contributed by atoms with Crippen LogP contribution in [0.2, 0.25) is 0 Å². The molecule has 2 aliphatic rings. The summed E-state index contributed by atoms with van der Waals surface area (Å²) in [6.45, 7) is 3.37. The molecule has 0 aromatic heterocycles. The van der Waals surface area contributed by atoms with Crippen molar-refractivity contribution >= 4 is 29.1 Å². The van der Waals surface area contributed by atoms with Crippen LogP contribution in [0.1, 0.15) is 12.0 Å². The van der Waals surface area contributed by atoms with Crippen LogP contribution in [0.4, 0.5) is 24.5 Å². The second-order valence-electron chi connectivity index (χ2n) is 9.19. The normalized spacial score (nSPS) is 18.6. The van der Waals surface area contributed by atoms with E-state index in [4.69, 9.17) is 4.74 Å². The van der Waals surface area contributed by atoms with Crippen LogP contribution in [0.5, 0.6) is 5.75 Å². The van der Waals surface area contributed by atoms with Gasteiger partial charge in [0.15, 0.2) is 0 Å². The summed E-state index contributed by atoms with van der Waals surface area (Å²) in [5, 5.41) is 5.07. The van der Waals surface area contributed by atoms with Gasteiger partial charge in [0, 0.05) is 50.6 Å². The lowest BCUT2D eigenvalue weighted by atomic mass is 10.1. The van der Waals surface area contributed by atoms with Gasteiger partial charge in [-0.15, -0.1) is 0 Å². The predicted molar refractivity (Wildman–Crippen MR) is 135 cm³/mol. The molecule has 3 amide bonds. The second-order valence-corrected chi connectivity index (χ2v) is 9.19. The summed E-state index contributed by atoms with van der Waals surface area (Å²) in [7, 11) is 1.62. The zero-order valence-corrected chi connectivity index (χ0v) is 21.0. The summed E-state index contributed by atoms with van der Waals surface area (Å²) in [5.41, 5.74) is 0.138. The highest BCUT2D eigenvalue weighted by Crippen LogP contribution is 2.30. The maximum Gasteiger partial charge on any atom is 0.416 e. The summed E-state index contributed by atoms with van der Waals surface area (Å²) in [5.74, 6) is -0.610. The predicted octanol–water partition coefficient (Wildman–Crippen LogP) is 2.19. The van der Waals surface area contributed by atoms with Crippen molar-refractivity contribution in [3.05, 3.63) is 54.1 Å². The average Bonchev–Trinajstić information content (AvgIpc) is 2.90. The van der Waals surface area contributed by atoms with Crippen LogP contribution < -0.4 is 20.3 Å². The molecule has 0 unspecified atom stereocenters. The van der Waals surface area contributed by atoms with Gasteiger partial charge in [0.2, 0.25) is 17.7 Å². The van der Waals surface area contributed by atoms with E-state index >= 15 is 0 Å². The Kier molecular flexibility index (Phi) is 8.40. The molecule has 2 aliphatic heterocycles. The van der Waals surface area contributed by atoms with Crippen LogP contribution in [0.3, 0.4) is 0 Å². The topological polar surface area (TPSA) is 94.2 Å². The van der Waals surface area contributed by atoms with Gasteiger partial charge in [-0.25, -0.2) is 0 Å². The maximum absolute atomic E-state index is 13.2. The molecule has 1 atom stereocenters. The number of carbonyl (C=O) groups is 3. The van der Waals surface area contributed by atoms with Crippen molar-refractivity contribution in [1.82, 2.24) is 15.1 Å². The number of nitrogens with one attached hydrogen (secondary N) is 2. The van der Waals surface area contributed by atoms with E-state index in [0.717, 1.165) is 36.7 Å². The van der Waals surface area contributed by atoms with Gasteiger partial charge in [0.25, 0.3) is 0 Å². The Bertz CT molecular complexity index is 1150. The Balaban J connectivity index is 1.32. The van der Waals surface area contributed by atoms with Crippen LogP contribution in [0.25, 0.3) is 0 Å². The van der Waals surface area contributed by atoms with E-state index in [2.05, 4.69) is 15.5 Å². The van der Waals surface area contributed by atoms with Crippen molar-refractivity contribution in [1.29, 1.82) is 0 Å². The van der Waals surface area contributed by atoms with Gasteiger partial charge in [0.05, 0.1) is 25.6 Å². The lowest BCUT2D eigenvalue weighted by Gasteiger charge is -2.39. The molecular formula is C26H30F3N5O4. The first-order chi connectivity index (χ1) is 18.1. The Morgan fingerprint density at radius 3 is 2.42 bits per heavy atom. The summed E-state index contributed by atoms with van der Waals surface area (Å²) in [6.07, 6.45) is -4.91. The lowest BCUT2D eigenvalue weighted by Crippen LogP contribution is -2.60. The molecule has 0 aliphatic carbocycles. The summed E-state index contributed by atoms with van der Waals surface area (Å²) in [6, 6.07) is 11.0. The van der Waals surface area contributed by atoms with Gasteiger partial charge >= 0.3 is 6.18 Å². The molecule has 12 heteroatoms. The molecule has 2 aromatic carbocycles.